The smallest absolute Gasteiger partial charge is 0.267 e. The summed E-state index contributed by atoms with van der Waals surface area (Å²) < 4.78 is 1.51. The first kappa shape index (κ1) is 27.2. The van der Waals surface area contributed by atoms with Gasteiger partial charge in [-0.3, -0.25) is 24.5 Å². The van der Waals surface area contributed by atoms with Crippen LogP contribution in [0.2, 0.25) is 10.0 Å². The zero-order valence-electron chi connectivity index (χ0n) is 17.4. The lowest BCUT2D eigenvalue weighted by Gasteiger charge is -2.30. The van der Waals surface area contributed by atoms with Gasteiger partial charge in [-0.15, -0.1) is 0 Å². The van der Waals surface area contributed by atoms with Crippen molar-refractivity contribution >= 4 is 110 Å². The van der Waals surface area contributed by atoms with E-state index in [1.54, 1.807) is 0 Å². The van der Waals surface area contributed by atoms with Crippen molar-refractivity contribution in [1.82, 2.24) is 10.0 Å². The van der Waals surface area contributed by atoms with Crippen molar-refractivity contribution in [2.24, 2.45) is 0 Å². The predicted molar refractivity (Wildman–Crippen MR) is 147 cm³/mol. The molecule has 0 bridgehead atoms. The van der Waals surface area contributed by atoms with E-state index >= 15 is 0 Å². The maximum absolute atomic E-state index is 13.7. The number of imide groups is 1. The number of carbonyl (C=O) groups excluding carboxylic acids is 3. The van der Waals surface area contributed by atoms with Crippen molar-refractivity contribution in [3.8, 4) is 0 Å². The van der Waals surface area contributed by atoms with Crippen LogP contribution in [0.25, 0.3) is 0 Å². The Labute approximate surface area is 247 Å². The van der Waals surface area contributed by atoms with Crippen LogP contribution in [-0.2, 0) is 6.54 Å². The van der Waals surface area contributed by atoms with Gasteiger partial charge in [0.25, 0.3) is 23.4 Å². The van der Waals surface area contributed by atoms with Gasteiger partial charge in [0.15, 0.2) is 0 Å². The highest BCUT2D eigenvalue weighted by molar-refractivity contribution is 9.15. The Bertz CT molecular complexity index is 1450. The van der Waals surface area contributed by atoms with Crippen LogP contribution in [0.3, 0.4) is 0 Å². The SMILES string of the molecule is O=C(c1ccccc1[N+](=O)[O-])N(Cc1ccc(Cl)cc1Cl)N1C(=O)c2c(Br)c(Br)c(Br)c(Br)c2C1=O. The Balaban J connectivity index is 1.91. The number of nitro benzene ring substituents is 1. The average Bonchev–Trinajstić information content (AvgIpc) is 3.10. The number of hydrogen-bond donors (Lipinski definition) is 0. The second-order valence-electron chi connectivity index (χ2n) is 7.30. The van der Waals surface area contributed by atoms with E-state index in [0.717, 1.165) is 11.1 Å². The molecule has 36 heavy (non-hydrogen) atoms. The number of hydrazine groups is 1. The van der Waals surface area contributed by atoms with Crippen molar-refractivity contribution in [3.63, 3.8) is 0 Å². The van der Waals surface area contributed by atoms with Crippen LogP contribution in [0.5, 0.6) is 0 Å². The number of halogens is 6. The van der Waals surface area contributed by atoms with Gasteiger partial charge in [0.2, 0.25) is 0 Å². The third kappa shape index (κ3) is 4.63. The van der Waals surface area contributed by atoms with Gasteiger partial charge < -0.3 is 0 Å². The molecule has 1 aliphatic rings. The first-order valence-electron chi connectivity index (χ1n) is 9.69. The van der Waals surface area contributed by atoms with Crippen molar-refractivity contribution in [3.05, 3.63) is 103 Å². The standard InChI is InChI=1S/C22H9Br4Cl2N3O5/c23-16-14-15(17(24)19(26)18(16)25)22(34)30(21(14)33)29(8-9-5-6-10(27)7-12(9)28)20(32)11-3-1-2-4-13(11)31(35)36/h1-7H,8H2. The molecule has 3 aromatic rings. The topological polar surface area (TPSA) is 101 Å². The number of rotatable bonds is 5. The molecule has 0 saturated heterocycles. The second-order valence-corrected chi connectivity index (χ2v) is 11.3. The van der Waals surface area contributed by atoms with Crippen LogP contribution in [0, 0.1) is 10.1 Å². The second kappa shape index (κ2) is 10.5. The molecular formula is C22H9Br4Cl2N3O5. The first-order valence-corrected chi connectivity index (χ1v) is 13.6. The Morgan fingerprint density at radius 1 is 0.917 bits per heavy atom. The molecule has 0 fully saturated rings. The largest absolute Gasteiger partial charge is 0.282 e. The van der Waals surface area contributed by atoms with Crippen LogP contribution >= 0.6 is 86.9 Å². The fourth-order valence-corrected chi connectivity index (χ4v) is 6.48. The van der Waals surface area contributed by atoms with Crippen molar-refractivity contribution in [2.45, 2.75) is 6.54 Å². The number of fused-ring (bicyclic) bond motifs is 1. The van der Waals surface area contributed by atoms with Gasteiger partial charge in [-0.05, 0) is 87.5 Å². The minimum atomic E-state index is -0.951. The molecule has 0 radical (unpaired) electrons. The third-order valence-corrected chi connectivity index (χ3v) is 10.6. The van der Waals surface area contributed by atoms with E-state index in [1.807, 2.05) is 0 Å². The van der Waals surface area contributed by atoms with Crippen LogP contribution in [0.15, 0.2) is 60.4 Å². The van der Waals surface area contributed by atoms with Crippen LogP contribution in [-0.4, -0.2) is 32.7 Å². The minimum absolute atomic E-state index is 0.00418. The number of hydrogen-bond acceptors (Lipinski definition) is 5. The molecule has 3 amide bonds. The molecule has 0 aliphatic carbocycles. The summed E-state index contributed by atoms with van der Waals surface area (Å²) in [6.45, 7) is -0.357. The zero-order valence-corrected chi connectivity index (χ0v) is 25.3. The summed E-state index contributed by atoms with van der Waals surface area (Å²) in [5.41, 5.74) is -0.442. The molecule has 0 atom stereocenters. The molecular weight excluding hydrogens is 777 g/mol. The van der Waals surface area contributed by atoms with E-state index in [9.17, 15) is 24.5 Å². The van der Waals surface area contributed by atoms with E-state index in [1.165, 1.54) is 36.4 Å². The summed E-state index contributed by atoms with van der Waals surface area (Å²) in [5.74, 6) is -2.58. The van der Waals surface area contributed by atoms with Gasteiger partial charge >= 0.3 is 0 Å². The maximum atomic E-state index is 13.7. The van der Waals surface area contributed by atoms with E-state index in [4.69, 9.17) is 23.2 Å². The molecule has 0 unspecified atom stereocenters. The number of carbonyl (C=O) groups is 3. The first-order chi connectivity index (χ1) is 17.0. The van der Waals surface area contributed by atoms with Gasteiger partial charge in [-0.2, -0.15) is 5.01 Å². The van der Waals surface area contributed by atoms with E-state index in [0.29, 0.717) is 24.5 Å². The van der Waals surface area contributed by atoms with Gasteiger partial charge in [0, 0.05) is 34.0 Å². The molecule has 4 rings (SSSR count). The Morgan fingerprint density at radius 3 is 2.00 bits per heavy atom. The summed E-state index contributed by atoms with van der Waals surface area (Å²) in [5, 5.41) is 13.6. The predicted octanol–water partition coefficient (Wildman–Crippen LogP) is 7.81. The fraction of sp³-hybridized carbons (Fsp3) is 0.0455. The molecule has 0 saturated carbocycles. The van der Waals surface area contributed by atoms with E-state index in [2.05, 4.69) is 63.7 Å². The van der Waals surface area contributed by atoms with Gasteiger partial charge in [-0.1, -0.05) is 41.4 Å². The number of nitro groups is 1. The number of benzene rings is 3. The van der Waals surface area contributed by atoms with Gasteiger partial charge in [-0.25, -0.2) is 5.01 Å². The number of para-hydroxylation sites is 1. The van der Waals surface area contributed by atoms with Crippen molar-refractivity contribution < 1.29 is 19.3 Å². The molecule has 1 heterocycles. The highest BCUT2D eigenvalue weighted by Gasteiger charge is 2.46. The molecule has 14 heteroatoms. The summed E-state index contributed by atoms with van der Waals surface area (Å²) in [6.07, 6.45) is 0. The molecule has 8 nitrogen and oxygen atoms in total. The Morgan fingerprint density at radius 2 is 1.47 bits per heavy atom. The molecule has 0 aromatic heterocycles. The third-order valence-electron chi connectivity index (χ3n) is 5.22. The lowest BCUT2D eigenvalue weighted by molar-refractivity contribution is -0.385. The lowest BCUT2D eigenvalue weighted by atomic mass is 10.1. The normalized spacial score (nSPS) is 12.7. The van der Waals surface area contributed by atoms with Gasteiger partial charge in [0.1, 0.15) is 5.56 Å². The summed E-state index contributed by atoms with van der Waals surface area (Å²) >= 11 is 25.7. The summed E-state index contributed by atoms with van der Waals surface area (Å²) in [7, 11) is 0. The van der Waals surface area contributed by atoms with Crippen LogP contribution in [0.1, 0.15) is 36.6 Å². The maximum Gasteiger partial charge on any atom is 0.282 e. The zero-order chi connectivity index (χ0) is 26.5. The number of amides is 3. The van der Waals surface area contributed by atoms with Crippen LogP contribution in [0.4, 0.5) is 5.69 Å². The van der Waals surface area contributed by atoms with E-state index in [-0.39, 0.29) is 37.2 Å². The molecule has 184 valence electrons. The quantitative estimate of drug-likeness (QED) is 0.0865. The van der Waals surface area contributed by atoms with Crippen LogP contribution < -0.4 is 0 Å². The molecule has 3 aromatic carbocycles. The highest BCUT2D eigenvalue weighted by Crippen LogP contribution is 2.46. The average molecular weight is 786 g/mol. The van der Waals surface area contributed by atoms with Crippen molar-refractivity contribution in [1.29, 1.82) is 0 Å². The molecule has 0 N–H and O–H groups in total. The number of nitrogens with zero attached hydrogens (tertiary/aromatic N) is 3. The fourth-order valence-electron chi connectivity index (χ4n) is 3.55. The van der Waals surface area contributed by atoms with E-state index < -0.39 is 28.3 Å². The monoisotopic (exact) mass is 781 g/mol. The Kier molecular flexibility index (Phi) is 7.94. The highest BCUT2D eigenvalue weighted by atomic mass is 79.9. The minimum Gasteiger partial charge on any atom is -0.267 e. The van der Waals surface area contributed by atoms with Crippen molar-refractivity contribution in [2.75, 3.05) is 0 Å². The summed E-state index contributed by atoms with van der Waals surface area (Å²) in [4.78, 5) is 51.9. The summed E-state index contributed by atoms with van der Waals surface area (Å²) in [6, 6.07) is 9.74. The van der Waals surface area contributed by atoms with Gasteiger partial charge in [0.05, 0.1) is 22.6 Å². The lowest BCUT2D eigenvalue weighted by Crippen LogP contribution is -2.49. The molecule has 1 aliphatic heterocycles. The molecule has 0 spiro atoms. The Hall–Kier alpha value is -1.83.